The molecule has 0 aliphatic heterocycles. The van der Waals surface area contributed by atoms with E-state index in [1.54, 1.807) is 13.0 Å². The van der Waals surface area contributed by atoms with E-state index in [-0.39, 0.29) is 5.91 Å². The fourth-order valence-electron chi connectivity index (χ4n) is 1.39. The number of hydrogen-bond donors (Lipinski definition) is 2. The third-order valence-electron chi connectivity index (χ3n) is 2.10. The summed E-state index contributed by atoms with van der Waals surface area (Å²) in [4.78, 5) is 23.9. The second kappa shape index (κ2) is 5.09. The van der Waals surface area contributed by atoms with Crippen LogP contribution in [0.2, 0.25) is 0 Å². The average Bonchev–Trinajstić information content (AvgIpc) is 2.31. The van der Waals surface area contributed by atoms with Gasteiger partial charge in [-0.15, -0.1) is 0 Å². The molecule has 1 amide bonds. The molecule has 0 aliphatic carbocycles. The largest absolute Gasteiger partial charge is 0.384 e. The van der Waals surface area contributed by atoms with Crippen LogP contribution in [-0.2, 0) is 0 Å². The van der Waals surface area contributed by atoms with Gasteiger partial charge in [-0.25, -0.2) is 15.0 Å². The normalized spacial score (nSPS) is 10.1. The zero-order chi connectivity index (χ0) is 13.1. The highest BCUT2D eigenvalue weighted by molar-refractivity contribution is 9.10. The molecule has 0 radical (unpaired) electrons. The first-order valence-electron chi connectivity index (χ1n) is 5.07. The molecule has 6 nitrogen and oxygen atoms in total. The lowest BCUT2D eigenvalue weighted by atomic mass is 10.2. The minimum absolute atomic E-state index is 0.302. The van der Waals surface area contributed by atoms with Gasteiger partial charge in [0.15, 0.2) is 5.82 Å². The number of pyridine rings is 1. The molecular weight excluding hydrogens is 298 g/mol. The van der Waals surface area contributed by atoms with Crippen LogP contribution < -0.4 is 11.1 Å². The van der Waals surface area contributed by atoms with E-state index >= 15 is 0 Å². The molecule has 2 heterocycles. The number of rotatable bonds is 2. The first kappa shape index (κ1) is 12.4. The maximum atomic E-state index is 11.9. The van der Waals surface area contributed by atoms with Gasteiger partial charge in [-0.2, -0.15) is 0 Å². The average molecular weight is 308 g/mol. The number of anilines is 2. The molecule has 0 saturated heterocycles. The number of aryl methyl sites for hydroxylation is 1. The summed E-state index contributed by atoms with van der Waals surface area (Å²) in [5.74, 6) is 0.377. The Morgan fingerprint density at radius 1 is 1.33 bits per heavy atom. The number of carbonyl (C=O) groups excluding carboxylic acids is 1. The van der Waals surface area contributed by atoms with Gasteiger partial charge in [-0.1, -0.05) is 0 Å². The van der Waals surface area contributed by atoms with E-state index in [4.69, 9.17) is 5.73 Å². The summed E-state index contributed by atoms with van der Waals surface area (Å²) in [7, 11) is 0. The van der Waals surface area contributed by atoms with Crippen molar-refractivity contribution in [2.24, 2.45) is 0 Å². The van der Waals surface area contributed by atoms with E-state index in [2.05, 4.69) is 36.2 Å². The van der Waals surface area contributed by atoms with E-state index in [1.165, 1.54) is 18.5 Å². The molecule has 2 aromatic rings. The van der Waals surface area contributed by atoms with Crippen molar-refractivity contribution in [3.63, 3.8) is 0 Å². The van der Waals surface area contributed by atoms with E-state index in [0.29, 0.717) is 27.5 Å². The lowest BCUT2D eigenvalue weighted by Crippen LogP contribution is -2.14. The van der Waals surface area contributed by atoms with Gasteiger partial charge in [0, 0.05) is 11.3 Å². The van der Waals surface area contributed by atoms with Crippen molar-refractivity contribution in [1.29, 1.82) is 0 Å². The number of nitrogen functional groups attached to an aromatic ring is 1. The van der Waals surface area contributed by atoms with Crippen LogP contribution in [0.1, 0.15) is 16.1 Å². The van der Waals surface area contributed by atoms with Crippen molar-refractivity contribution in [2.45, 2.75) is 6.92 Å². The summed E-state index contributed by atoms with van der Waals surface area (Å²) in [5, 5.41) is 2.62. The molecule has 0 unspecified atom stereocenters. The molecule has 0 fully saturated rings. The molecule has 0 aliphatic rings. The van der Waals surface area contributed by atoms with Crippen LogP contribution in [-0.4, -0.2) is 20.9 Å². The molecule has 2 aromatic heterocycles. The number of nitrogens with one attached hydrogen (secondary N) is 1. The van der Waals surface area contributed by atoms with Crippen LogP contribution in [0.25, 0.3) is 0 Å². The van der Waals surface area contributed by atoms with E-state index < -0.39 is 0 Å². The molecule has 0 saturated carbocycles. The monoisotopic (exact) mass is 307 g/mol. The fourth-order valence-corrected chi connectivity index (χ4v) is 1.60. The molecule has 0 spiro atoms. The Hall–Kier alpha value is -2.02. The molecule has 0 atom stereocenters. The highest BCUT2D eigenvalue weighted by Crippen LogP contribution is 2.11. The number of aromatic nitrogens is 3. The van der Waals surface area contributed by atoms with Gasteiger partial charge in [-0.05, 0) is 35.0 Å². The van der Waals surface area contributed by atoms with Gasteiger partial charge in [0.25, 0.3) is 5.91 Å². The van der Waals surface area contributed by atoms with Gasteiger partial charge in [0.2, 0.25) is 0 Å². The minimum atomic E-state index is -0.302. The SMILES string of the molecule is Cc1cc(C(=O)Nc2cnc(Br)cn2)cc(N)n1. The van der Waals surface area contributed by atoms with Crippen LogP contribution >= 0.6 is 15.9 Å². The molecular formula is C11H10BrN5O. The van der Waals surface area contributed by atoms with Crippen LogP contribution in [0.15, 0.2) is 29.1 Å². The van der Waals surface area contributed by atoms with Crippen molar-refractivity contribution in [1.82, 2.24) is 15.0 Å². The number of halogens is 1. The van der Waals surface area contributed by atoms with Crippen LogP contribution in [0.3, 0.4) is 0 Å². The van der Waals surface area contributed by atoms with Crippen molar-refractivity contribution < 1.29 is 4.79 Å². The third-order valence-corrected chi connectivity index (χ3v) is 2.51. The Labute approximate surface area is 112 Å². The maximum Gasteiger partial charge on any atom is 0.257 e. The first-order valence-corrected chi connectivity index (χ1v) is 5.87. The van der Waals surface area contributed by atoms with E-state index in [0.717, 1.165) is 0 Å². The molecule has 18 heavy (non-hydrogen) atoms. The minimum Gasteiger partial charge on any atom is -0.384 e. The molecule has 2 rings (SSSR count). The standard InChI is InChI=1S/C11H10BrN5O/c1-6-2-7(3-9(13)16-6)11(18)17-10-5-14-8(12)4-15-10/h2-5H,1H3,(H2,13,16)(H,15,17,18). The molecule has 7 heteroatoms. The summed E-state index contributed by atoms with van der Waals surface area (Å²) in [6.07, 6.45) is 2.96. The molecule has 0 bridgehead atoms. The predicted molar refractivity (Wildman–Crippen MR) is 71.1 cm³/mol. The Morgan fingerprint density at radius 2 is 2.11 bits per heavy atom. The summed E-state index contributed by atoms with van der Waals surface area (Å²) in [5.41, 5.74) is 6.70. The third kappa shape index (κ3) is 3.01. The first-order chi connectivity index (χ1) is 8.54. The van der Waals surface area contributed by atoms with Crippen LogP contribution in [0.5, 0.6) is 0 Å². The summed E-state index contributed by atoms with van der Waals surface area (Å²) in [6.45, 7) is 1.77. The van der Waals surface area contributed by atoms with Gasteiger partial charge in [0.05, 0.1) is 12.4 Å². The van der Waals surface area contributed by atoms with Gasteiger partial charge >= 0.3 is 0 Å². The Bertz CT molecular complexity index is 564. The highest BCUT2D eigenvalue weighted by Gasteiger charge is 2.08. The van der Waals surface area contributed by atoms with Crippen molar-refractivity contribution >= 4 is 33.5 Å². The van der Waals surface area contributed by atoms with E-state index in [1.807, 2.05) is 0 Å². The zero-order valence-electron chi connectivity index (χ0n) is 9.51. The summed E-state index contributed by atoms with van der Waals surface area (Å²) < 4.78 is 0.601. The lowest BCUT2D eigenvalue weighted by Gasteiger charge is -2.05. The molecule has 92 valence electrons. The predicted octanol–water partition coefficient (Wildman–Crippen LogP) is 1.78. The van der Waals surface area contributed by atoms with E-state index in [9.17, 15) is 4.79 Å². The highest BCUT2D eigenvalue weighted by atomic mass is 79.9. The Morgan fingerprint density at radius 3 is 2.72 bits per heavy atom. The number of hydrogen-bond acceptors (Lipinski definition) is 5. The van der Waals surface area contributed by atoms with Gasteiger partial charge < -0.3 is 11.1 Å². The Balaban J connectivity index is 2.19. The maximum absolute atomic E-state index is 11.9. The van der Waals surface area contributed by atoms with Crippen molar-refractivity contribution in [3.05, 3.63) is 40.4 Å². The quantitative estimate of drug-likeness (QED) is 0.882. The second-order valence-corrected chi connectivity index (χ2v) is 4.41. The summed E-state index contributed by atoms with van der Waals surface area (Å²) >= 11 is 3.16. The smallest absolute Gasteiger partial charge is 0.257 e. The number of nitrogens with zero attached hydrogens (tertiary/aromatic N) is 3. The number of nitrogens with two attached hydrogens (primary N) is 1. The Kier molecular flexibility index (Phi) is 3.52. The molecule has 0 aromatic carbocycles. The fraction of sp³-hybridized carbons (Fsp3) is 0.0909. The van der Waals surface area contributed by atoms with Crippen LogP contribution in [0.4, 0.5) is 11.6 Å². The molecule has 3 N–H and O–H groups in total. The number of carbonyl (C=O) groups is 1. The summed E-state index contributed by atoms with van der Waals surface area (Å²) in [6, 6.07) is 3.16. The van der Waals surface area contributed by atoms with Gasteiger partial charge in [-0.3, -0.25) is 4.79 Å². The lowest BCUT2D eigenvalue weighted by molar-refractivity contribution is 0.102. The van der Waals surface area contributed by atoms with Crippen molar-refractivity contribution in [3.8, 4) is 0 Å². The second-order valence-electron chi connectivity index (χ2n) is 3.60. The zero-order valence-corrected chi connectivity index (χ0v) is 11.1. The number of amides is 1. The van der Waals surface area contributed by atoms with Crippen molar-refractivity contribution in [2.75, 3.05) is 11.1 Å². The van der Waals surface area contributed by atoms with Crippen LogP contribution in [0, 0.1) is 6.92 Å². The van der Waals surface area contributed by atoms with Gasteiger partial charge in [0.1, 0.15) is 10.4 Å². The topological polar surface area (TPSA) is 93.8 Å².